The van der Waals surface area contributed by atoms with Crippen molar-refractivity contribution in [1.82, 2.24) is 4.90 Å². The Kier molecular flexibility index (Phi) is 6.07. The summed E-state index contributed by atoms with van der Waals surface area (Å²) < 4.78 is 0. The lowest BCUT2D eigenvalue weighted by Gasteiger charge is -2.36. The van der Waals surface area contributed by atoms with Crippen LogP contribution in [0.1, 0.15) is 24.2 Å². The maximum Gasteiger partial charge on any atom is 0.357 e. The van der Waals surface area contributed by atoms with Crippen LogP contribution in [0.25, 0.3) is 10.8 Å². The molecule has 6 nitrogen and oxygen atoms in total. The Morgan fingerprint density at radius 3 is 2.35 bits per heavy atom. The highest BCUT2D eigenvalue weighted by Crippen LogP contribution is 2.24. The molecule has 1 amide bonds. The molecule has 4 rings (SSSR count). The van der Waals surface area contributed by atoms with Gasteiger partial charge in [0.05, 0.1) is 5.92 Å². The van der Waals surface area contributed by atoms with Gasteiger partial charge < -0.3 is 9.80 Å². The molecule has 1 saturated heterocycles. The number of piperazine rings is 1. The highest BCUT2D eigenvalue weighted by Gasteiger charge is 2.23. The van der Waals surface area contributed by atoms with Crippen LogP contribution in [0.5, 0.6) is 5.75 Å². The maximum atomic E-state index is 13.2. The third-order valence-corrected chi connectivity index (χ3v) is 5.46. The Morgan fingerprint density at radius 2 is 1.58 bits per heavy atom. The number of anilines is 1. The van der Waals surface area contributed by atoms with Crippen LogP contribution >= 0.6 is 0 Å². The predicted molar refractivity (Wildman–Crippen MR) is 120 cm³/mol. The van der Waals surface area contributed by atoms with Crippen LogP contribution < -0.4 is 9.79 Å². The standard InChI is InChI=1S/C25H26N2O4/c1-18(2)25(29)31-30-21-10-6-9-20(17-21)26-13-15-27(16-14-26)24(28)23-12-5-8-19-7-3-4-11-22(19)23/h3-12,17-18H,13-16H2,1-2H3. The third kappa shape index (κ3) is 4.63. The molecule has 6 heteroatoms. The highest BCUT2D eigenvalue weighted by atomic mass is 17.2. The molecule has 0 unspecified atom stereocenters. The van der Waals surface area contributed by atoms with Gasteiger partial charge in [-0.25, -0.2) is 4.79 Å². The van der Waals surface area contributed by atoms with Crippen molar-refractivity contribution in [3.8, 4) is 5.75 Å². The van der Waals surface area contributed by atoms with Crippen LogP contribution in [0.15, 0.2) is 66.7 Å². The molecule has 0 N–H and O–H groups in total. The number of nitrogens with zero attached hydrogens (tertiary/aromatic N) is 2. The Balaban J connectivity index is 1.40. The van der Waals surface area contributed by atoms with Crippen LogP contribution in [0.3, 0.4) is 0 Å². The molecule has 1 fully saturated rings. The topological polar surface area (TPSA) is 59.1 Å². The van der Waals surface area contributed by atoms with E-state index in [4.69, 9.17) is 9.78 Å². The smallest absolute Gasteiger partial charge is 0.357 e. The van der Waals surface area contributed by atoms with E-state index in [-0.39, 0.29) is 11.8 Å². The fourth-order valence-corrected chi connectivity index (χ4v) is 3.67. The molecule has 160 valence electrons. The third-order valence-electron chi connectivity index (χ3n) is 5.46. The molecule has 0 atom stereocenters. The average Bonchev–Trinajstić information content (AvgIpc) is 2.82. The number of rotatable bonds is 5. The van der Waals surface area contributed by atoms with E-state index in [1.807, 2.05) is 65.6 Å². The number of benzene rings is 3. The Morgan fingerprint density at radius 1 is 0.871 bits per heavy atom. The molecule has 0 bridgehead atoms. The Hall–Kier alpha value is -3.54. The van der Waals surface area contributed by atoms with Crippen molar-refractivity contribution >= 4 is 28.3 Å². The quantitative estimate of drug-likeness (QED) is 0.457. The number of hydrogen-bond acceptors (Lipinski definition) is 5. The second-order valence-corrected chi connectivity index (χ2v) is 7.94. The number of carbonyl (C=O) groups is 2. The van der Waals surface area contributed by atoms with Gasteiger partial charge >= 0.3 is 5.97 Å². The normalized spacial score (nSPS) is 14.0. The van der Waals surface area contributed by atoms with Crippen LogP contribution in [0, 0.1) is 5.92 Å². The SMILES string of the molecule is CC(C)C(=O)OOc1cccc(N2CCN(C(=O)c3cccc4ccccc34)CC2)c1. The van der Waals surface area contributed by atoms with Gasteiger partial charge in [0.1, 0.15) is 0 Å². The van der Waals surface area contributed by atoms with Crippen LogP contribution in [-0.2, 0) is 9.68 Å². The Bertz CT molecular complexity index is 1080. The average molecular weight is 418 g/mol. The fraction of sp³-hybridized carbons (Fsp3) is 0.280. The molecule has 1 aliphatic heterocycles. The van der Waals surface area contributed by atoms with Gasteiger partial charge in [-0.3, -0.25) is 14.6 Å². The zero-order valence-corrected chi connectivity index (χ0v) is 17.8. The first-order valence-electron chi connectivity index (χ1n) is 10.5. The summed E-state index contributed by atoms with van der Waals surface area (Å²) in [6.07, 6.45) is 0. The fourth-order valence-electron chi connectivity index (χ4n) is 3.67. The van der Waals surface area contributed by atoms with Gasteiger partial charge in [0, 0.05) is 43.5 Å². The first kappa shape index (κ1) is 20.7. The zero-order valence-electron chi connectivity index (χ0n) is 17.8. The molecule has 3 aromatic carbocycles. The van der Waals surface area contributed by atoms with Crippen LogP contribution in [0.2, 0.25) is 0 Å². The summed E-state index contributed by atoms with van der Waals surface area (Å²) in [6, 6.07) is 21.3. The van der Waals surface area contributed by atoms with Gasteiger partial charge in [-0.2, -0.15) is 0 Å². The van der Waals surface area contributed by atoms with Gasteiger partial charge in [-0.15, -0.1) is 0 Å². The van der Waals surface area contributed by atoms with Crippen molar-refractivity contribution in [3.05, 3.63) is 72.3 Å². The van der Waals surface area contributed by atoms with Crippen LogP contribution in [0.4, 0.5) is 5.69 Å². The summed E-state index contributed by atoms with van der Waals surface area (Å²) in [4.78, 5) is 38.9. The first-order valence-corrected chi connectivity index (χ1v) is 10.5. The predicted octanol–water partition coefficient (Wildman–Crippen LogP) is 4.30. The maximum absolute atomic E-state index is 13.2. The van der Waals surface area contributed by atoms with Crippen molar-refractivity contribution in [3.63, 3.8) is 0 Å². The van der Waals surface area contributed by atoms with E-state index >= 15 is 0 Å². The molecule has 0 radical (unpaired) electrons. The molecule has 1 heterocycles. The van der Waals surface area contributed by atoms with Gasteiger partial charge in [0.15, 0.2) is 5.75 Å². The minimum Gasteiger partial charge on any atom is -0.368 e. The molecule has 31 heavy (non-hydrogen) atoms. The van der Waals surface area contributed by atoms with Crippen molar-refractivity contribution in [2.75, 3.05) is 31.1 Å². The number of amides is 1. The summed E-state index contributed by atoms with van der Waals surface area (Å²) in [6.45, 7) is 6.20. The summed E-state index contributed by atoms with van der Waals surface area (Å²) in [5, 5.41) is 2.06. The molecule has 0 spiro atoms. The van der Waals surface area contributed by atoms with Crippen molar-refractivity contribution in [1.29, 1.82) is 0 Å². The van der Waals surface area contributed by atoms with E-state index < -0.39 is 5.97 Å². The molecular weight excluding hydrogens is 392 g/mol. The van der Waals surface area contributed by atoms with Crippen LogP contribution in [-0.4, -0.2) is 43.0 Å². The Labute approximate surface area is 181 Å². The second-order valence-electron chi connectivity index (χ2n) is 7.94. The molecule has 0 aliphatic carbocycles. The minimum atomic E-state index is -0.411. The summed E-state index contributed by atoms with van der Waals surface area (Å²) in [5.41, 5.74) is 1.71. The number of hydrogen-bond donors (Lipinski definition) is 0. The largest absolute Gasteiger partial charge is 0.368 e. The lowest BCUT2D eigenvalue weighted by molar-refractivity contribution is -0.217. The van der Waals surface area contributed by atoms with Gasteiger partial charge in [0.2, 0.25) is 0 Å². The van der Waals surface area contributed by atoms with Gasteiger partial charge in [0.25, 0.3) is 5.91 Å². The summed E-state index contributed by atoms with van der Waals surface area (Å²) >= 11 is 0. The van der Waals surface area contributed by atoms with E-state index in [0.29, 0.717) is 31.9 Å². The van der Waals surface area contributed by atoms with E-state index in [2.05, 4.69) is 4.90 Å². The summed E-state index contributed by atoms with van der Waals surface area (Å²) in [7, 11) is 0. The lowest BCUT2D eigenvalue weighted by Crippen LogP contribution is -2.48. The van der Waals surface area contributed by atoms with Crippen molar-refractivity contribution in [2.24, 2.45) is 5.92 Å². The number of fused-ring (bicyclic) bond motifs is 1. The monoisotopic (exact) mass is 418 g/mol. The van der Waals surface area contributed by atoms with Crippen molar-refractivity contribution < 1.29 is 19.4 Å². The van der Waals surface area contributed by atoms with Gasteiger partial charge in [-0.05, 0) is 29.0 Å². The minimum absolute atomic E-state index is 0.0640. The second kappa shape index (κ2) is 9.08. The van der Waals surface area contributed by atoms with E-state index in [1.165, 1.54) is 0 Å². The zero-order chi connectivity index (χ0) is 21.8. The van der Waals surface area contributed by atoms with Crippen molar-refractivity contribution in [2.45, 2.75) is 13.8 Å². The van der Waals surface area contributed by atoms with E-state index in [0.717, 1.165) is 22.0 Å². The molecule has 0 aromatic heterocycles. The first-order chi connectivity index (χ1) is 15.0. The molecule has 3 aromatic rings. The van der Waals surface area contributed by atoms with E-state index in [1.54, 1.807) is 19.9 Å². The number of carbonyl (C=O) groups excluding carboxylic acids is 2. The highest BCUT2D eigenvalue weighted by molar-refractivity contribution is 6.07. The molecular formula is C25H26N2O4. The summed E-state index contributed by atoms with van der Waals surface area (Å²) in [5.74, 6) is -0.128. The lowest BCUT2D eigenvalue weighted by atomic mass is 10.0. The molecule has 0 saturated carbocycles. The van der Waals surface area contributed by atoms with Gasteiger partial charge in [-0.1, -0.05) is 56.3 Å². The molecule has 1 aliphatic rings. The van der Waals surface area contributed by atoms with E-state index in [9.17, 15) is 9.59 Å².